The summed E-state index contributed by atoms with van der Waals surface area (Å²) in [5, 5.41) is 28.0. The van der Waals surface area contributed by atoms with E-state index in [0.717, 1.165) is 24.2 Å². The van der Waals surface area contributed by atoms with E-state index in [1.54, 1.807) is 28.7 Å². The highest BCUT2D eigenvalue weighted by molar-refractivity contribution is 6.36. The van der Waals surface area contributed by atoms with Gasteiger partial charge in [-0.2, -0.15) is 30.1 Å². The SMILES string of the molecule is COc1ccc(CN(c2nc(Nc3cc(C#N)cc(N4C[C@@H](C)N(C(=O)OC(C)(C)C)[C@H](C)C4)c3Cl)nc3c(C#N)cnn23)C2CC2)cc1. The second kappa shape index (κ2) is 13.3. The molecule has 2 aromatic carbocycles. The molecule has 6 rings (SSSR count). The van der Waals surface area contributed by atoms with Crippen LogP contribution in [0.15, 0.2) is 42.6 Å². The fourth-order valence-electron chi connectivity index (χ4n) is 6.17. The van der Waals surface area contributed by atoms with Crippen LogP contribution in [0, 0.1) is 22.7 Å². The van der Waals surface area contributed by atoms with Gasteiger partial charge in [0.15, 0.2) is 5.65 Å². The summed E-state index contributed by atoms with van der Waals surface area (Å²) in [5.41, 5.74) is 2.57. The number of hydrogen-bond donors (Lipinski definition) is 1. The van der Waals surface area contributed by atoms with Gasteiger partial charge >= 0.3 is 6.09 Å². The maximum Gasteiger partial charge on any atom is 0.410 e. The van der Waals surface area contributed by atoms with Gasteiger partial charge in [0, 0.05) is 25.7 Å². The summed E-state index contributed by atoms with van der Waals surface area (Å²) in [7, 11) is 1.64. The first-order valence-corrected chi connectivity index (χ1v) is 16.6. The normalized spacial score (nSPS) is 17.7. The molecule has 1 saturated heterocycles. The van der Waals surface area contributed by atoms with Crippen molar-refractivity contribution in [3.63, 3.8) is 0 Å². The van der Waals surface area contributed by atoms with Crippen molar-refractivity contribution in [2.75, 3.05) is 35.3 Å². The number of nitriles is 2. The Balaban J connectivity index is 1.34. The Bertz CT molecular complexity index is 1940. The van der Waals surface area contributed by atoms with Gasteiger partial charge in [-0.3, -0.25) is 4.90 Å². The Kier molecular flexibility index (Phi) is 9.14. The molecule has 1 N–H and O–H groups in total. The van der Waals surface area contributed by atoms with Crippen LogP contribution in [0.3, 0.4) is 0 Å². The zero-order valence-corrected chi connectivity index (χ0v) is 29.2. The molecule has 2 fully saturated rings. The van der Waals surface area contributed by atoms with E-state index in [2.05, 4.69) is 37.3 Å². The number of halogens is 1. The molecule has 1 aliphatic carbocycles. The lowest BCUT2D eigenvalue weighted by atomic mass is 10.1. The fourth-order valence-corrected chi connectivity index (χ4v) is 6.45. The fraction of sp³-hybridized carbons (Fsp3) is 0.429. The molecule has 3 heterocycles. The van der Waals surface area contributed by atoms with E-state index in [9.17, 15) is 15.3 Å². The zero-order chi connectivity index (χ0) is 35.0. The smallest absolute Gasteiger partial charge is 0.410 e. The molecular weight excluding hydrogens is 644 g/mol. The average molecular weight is 683 g/mol. The lowest BCUT2D eigenvalue weighted by Crippen LogP contribution is -2.59. The number of fused-ring (bicyclic) bond motifs is 1. The number of anilines is 4. The van der Waals surface area contributed by atoms with Crippen LogP contribution in [0.4, 0.5) is 28.1 Å². The molecule has 1 amide bonds. The van der Waals surface area contributed by atoms with Crippen molar-refractivity contribution >= 4 is 46.6 Å². The Morgan fingerprint density at radius 3 is 2.37 bits per heavy atom. The second-order valence-corrected chi connectivity index (χ2v) is 13.9. The summed E-state index contributed by atoms with van der Waals surface area (Å²) in [6.45, 7) is 11.0. The predicted molar refractivity (Wildman–Crippen MR) is 186 cm³/mol. The zero-order valence-electron chi connectivity index (χ0n) is 28.4. The highest BCUT2D eigenvalue weighted by Gasteiger charge is 2.37. The van der Waals surface area contributed by atoms with E-state index in [-0.39, 0.29) is 30.2 Å². The average Bonchev–Trinajstić information content (AvgIpc) is 3.82. The summed E-state index contributed by atoms with van der Waals surface area (Å²) in [6.07, 6.45) is 3.11. The highest BCUT2D eigenvalue weighted by Crippen LogP contribution is 2.39. The largest absolute Gasteiger partial charge is 0.497 e. The predicted octanol–water partition coefficient (Wildman–Crippen LogP) is 6.28. The standard InChI is InChI=1S/C35H39ClN10O3/c1-21-18-43(19-22(2)45(21)34(47)49-35(3,4)5)29-14-24(15-37)13-28(30(29)36)40-32-41-31-25(16-38)17-39-46(31)33(42-32)44(26-9-10-26)20-23-7-11-27(48-6)12-8-23/h7-8,11-14,17,21-22,26H,9-10,18-20H2,1-6H3,(H,40,41)/t21-,22-/m1/s1. The number of carbonyl (C=O) groups excluding carboxylic acids is 1. The van der Waals surface area contributed by atoms with Crippen molar-refractivity contribution in [1.29, 1.82) is 10.5 Å². The van der Waals surface area contributed by atoms with Gasteiger partial charge in [0.1, 0.15) is 23.0 Å². The summed E-state index contributed by atoms with van der Waals surface area (Å²) < 4.78 is 12.6. The minimum absolute atomic E-state index is 0.185. The third-order valence-electron chi connectivity index (χ3n) is 8.52. The number of carbonyl (C=O) groups is 1. The molecule has 1 saturated carbocycles. The number of nitrogens with one attached hydrogen (secondary N) is 1. The molecule has 2 atom stereocenters. The minimum atomic E-state index is -0.611. The van der Waals surface area contributed by atoms with Crippen LogP contribution >= 0.6 is 11.6 Å². The van der Waals surface area contributed by atoms with E-state index < -0.39 is 5.60 Å². The van der Waals surface area contributed by atoms with Crippen molar-refractivity contribution in [2.24, 2.45) is 0 Å². The van der Waals surface area contributed by atoms with Crippen molar-refractivity contribution in [1.82, 2.24) is 24.5 Å². The van der Waals surface area contributed by atoms with Crippen molar-refractivity contribution < 1.29 is 14.3 Å². The first-order valence-electron chi connectivity index (χ1n) is 16.2. The van der Waals surface area contributed by atoms with Crippen LogP contribution in [-0.2, 0) is 11.3 Å². The first kappa shape index (κ1) is 33.6. The number of hydrogen-bond acceptors (Lipinski definition) is 11. The Hall–Kier alpha value is -5.27. The second-order valence-electron chi connectivity index (χ2n) is 13.5. The van der Waals surface area contributed by atoms with Crippen LogP contribution in [0.1, 0.15) is 64.2 Å². The van der Waals surface area contributed by atoms with Crippen molar-refractivity contribution in [3.8, 4) is 17.9 Å². The summed E-state index contributed by atoms with van der Waals surface area (Å²) in [4.78, 5) is 28.6. The number of nitrogens with zero attached hydrogens (tertiary/aromatic N) is 9. The maximum atomic E-state index is 13.0. The quantitative estimate of drug-likeness (QED) is 0.224. The number of rotatable bonds is 8. The van der Waals surface area contributed by atoms with Gasteiger partial charge in [0.2, 0.25) is 11.9 Å². The molecule has 4 aromatic rings. The van der Waals surface area contributed by atoms with Gasteiger partial charge < -0.3 is 24.6 Å². The molecule has 0 radical (unpaired) electrons. The van der Waals surface area contributed by atoms with Gasteiger partial charge in [-0.25, -0.2) is 4.79 Å². The van der Waals surface area contributed by atoms with Crippen molar-refractivity contribution in [2.45, 2.75) is 77.7 Å². The summed E-state index contributed by atoms with van der Waals surface area (Å²) in [5.74, 6) is 1.51. The van der Waals surface area contributed by atoms with Gasteiger partial charge in [0.25, 0.3) is 0 Å². The van der Waals surface area contributed by atoms with E-state index in [1.807, 2.05) is 58.9 Å². The number of aromatic nitrogens is 4. The van der Waals surface area contributed by atoms with E-state index in [4.69, 9.17) is 26.1 Å². The Morgan fingerprint density at radius 2 is 1.78 bits per heavy atom. The van der Waals surface area contributed by atoms with Crippen LogP contribution in [0.5, 0.6) is 5.75 Å². The lowest BCUT2D eigenvalue weighted by molar-refractivity contribution is 0.00566. The Morgan fingerprint density at radius 1 is 1.08 bits per heavy atom. The molecule has 0 spiro atoms. The van der Waals surface area contributed by atoms with Gasteiger partial charge in [-0.15, -0.1) is 0 Å². The van der Waals surface area contributed by atoms with Crippen LogP contribution in [0.2, 0.25) is 5.02 Å². The van der Waals surface area contributed by atoms with Crippen LogP contribution in [0.25, 0.3) is 5.65 Å². The molecule has 2 aromatic heterocycles. The maximum absolute atomic E-state index is 13.0. The van der Waals surface area contributed by atoms with Crippen molar-refractivity contribution in [3.05, 3.63) is 64.3 Å². The number of methoxy groups -OCH3 is 1. The molecule has 1 aliphatic heterocycles. The first-order chi connectivity index (χ1) is 23.4. The van der Waals surface area contributed by atoms with Gasteiger partial charge in [0.05, 0.1) is 53.4 Å². The molecule has 254 valence electrons. The molecule has 2 aliphatic rings. The number of benzene rings is 2. The molecule has 49 heavy (non-hydrogen) atoms. The summed E-state index contributed by atoms with van der Waals surface area (Å²) in [6, 6.07) is 15.6. The topological polar surface area (TPSA) is 148 Å². The number of ether oxygens (including phenoxy) is 2. The van der Waals surface area contributed by atoms with E-state index in [1.165, 1.54) is 6.20 Å². The summed E-state index contributed by atoms with van der Waals surface area (Å²) >= 11 is 7.09. The van der Waals surface area contributed by atoms with E-state index in [0.29, 0.717) is 58.8 Å². The number of piperazine rings is 1. The monoisotopic (exact) mass is 682 g/mol. The third-order valence-corrected chi connectivity index (χ3v) is 8.92. The Labute approximate surface area is 290 Å². The highest BCUT2D eigenvalue weighted by atomic mass is 35.5. The van der Waals surface area contributed by atoms with Gasteiger partial charge in [-0.1, -0.05) is 23.7 Å². The molecule has 0 bridgehead atoms. The van der Waals surface area contributed by atoms with E-state index >= 15 is 0 Å². The third kappa shape index (κ3) is 7.13. The van der Waals surface area contributed by atoms with Crippen LogP contribution in [-0.4, -0.2) is 74.5 Å². The number of amides is 1. The van der Waals surface area contributed by atoms with Gasteiger partial charge in [-0.05, 0) is 77.3 Å². The lowest BCUT2D eigenvalue weighted by Gasteiger charge is -2.45. The molecule has 14 heteroatoms. The molecule has 13 nitrogen and oxygen atoms in total. The minimum Gasteiger partial charge on any atom is -0.497 e. The van der Waals surface area contributed by atoms with Crippen LogP contribution < -0.4 is 19.9 Å². The molecular formula is C35H39ClN10O3. The molecule has 0 unspecified atom stereocenters.